The van der Waals surface area contributed by atoms with Gasteiger partial charge in [0.2, 0.25) is 0 Å². The third-order valence-electron chi connectivity index (χ3n) is 4.25. The van der Waals surface area contributed by atoms with Crippen molar-refractivity contribution in [3.8, 4) is 0 Å². The molecule has 0 aliphatic carbocycles. The van der Waals surface area contributed by atoms with E-state index in [0.717, 1.165) is 41.6 Å². The zero-order valence-electron chi connectivity index (χ0n) is 14.6. The Morgan fingerprint density at radius 1 is 1.31 bits per heavy atom. The first kappa shape index (κ1) is 18.7. The smallest absolute Gasteiger partial charge is 0.152 e. The second-order valence-electron chi connectivity index (χ2n) is 5.97. The van der Waals surface area contributed by atoms with Crippen LogP contribution in [0.1, 0.15) is 18.7 Å². The molecule has 1 unspecified atom stereocenters. The van der Waals surface area contributed by atoms with Gasteiger partial charge in [0.05, 0.1) is 17.6 Å². The highest BCUT2D eigenvalue weighted by Crippen LogP contribution is 2.29. The summed E-state index contributed by atoms with van der Waals surface area (Å²) in [5, 5.41) is 1.01. The molecule has 0 saturated carbocycles. The van der Waals surface area contributed by atoms with Crippen LogP contribution in [-0.2, 0) is 29.0 Å². The van der Waals surface area contributed by atoms with Gasteiger partial charge in [-0.25, -0.2) is 14.7 Å². The van der Waals surface area contributed by atoms with Gasteiger partial charge in [0, 0.05) is 43.3 Å². The first-order valence-corrected chi connectivity index (χ1v) is 9.54. The SMILES string of the molecule is COCCc1nc2c(N)nc3ccccc3c2n1CCCCNS(=O)[O-]. The van der Waals surface area contributed by atoms with Crippen LogP contribution in [0.2, 0.25) is 0 Å². The number of ether oxygens (including phenoxy) is 1. The average molecular weight is 376 g/mol. The monoisotopic (exact) mass is 376 g/mol. The molecular formula is C17H22N5O3S-. The van der Waals surface area contributed by atoms with Gasteiger partial charge in [0.1, 0.15) is 11.3 Å². The number of para-hydroxylation sites is 1. The normalized spacial score (nSPS) is 12.8. The molecule has 0 radical (unpaired) electrons. The predicted molar refractivity (Wildman–Crippen MR) is 101 cm³/mol. The highest BCUT2D eigenvalue weighted by Gasteiger charge is 2.16. The van der Waals surface area contributed by atoms with Crippen molar-refractivity contribution in [2.24, 2.45) is 0 Å². The number of rotatable bonds is 9. The number of benzene rings is 1. The molecule has 26 heavy (non-hydrogen) atoms. The van der Waals surface area contributed by atoms with Crippen molar-refractivity contribution in [3.63, 3.8) is 0 Å². The van der Waals surface area contributed by atoms with Crippen LogP contribution < -0.4 is 10.5 Å². The van der Waals surface area contributed by atoms with E-state index in [-0.39, 0.29) is 0 Å². The maximum Gasteiger partial charge on any atom is 0.152 e. The highest BCUT2D eigenvalue weighted by molar-refractivity contribution is 7.77. The molecule has 3 N–H and O–H groups in total. The lowest BCUT2D eigenvalue weighted by Crippen LogP contribution is -2.18. The van der Waals surface area contributed by atoms with Gasteiger partial charge in [-0.15, -0.1) is 0 Å². The fourth-order valence-electron chi connectivity index (χ4n) is 3.08. The standard InChI is InChI=1S/C17H23N5O3S/c1-25-11-8-14-21-15-16(22(14)10-5-4-9-19-26(23)24)12-6-2-3-7-13(12)20-17(15)18/h2-3,6-7,19H,4-5,8-11H2,1H3,(H2,18,20)(H,23,24)/p-1. The second kappa shape index (κ2) is 8.54. The second-order valence-corrected chi connectivity index (χ2v) is 6.73. The summed E-state index contributed by atoms with van der Waals surface area (Å²) >= 11 is -2.22. The summed E-state index contributed by atoms with van der Waals surface area (Å²) in [6.07, 6.45) is 2.21. The lowest BCUT2D eigenvalue weighted by Gasteiger charge is -2.11. The van der Waals surface area contributed by atoms with Gasteiger partial charge in [0.25, 0.3) is 0 Å². The molecule has 1 atom stereocenters. The predicted octanol–water partition coefficient (Wildman–Crippen LogP) is 1.52. The lowest BCUT2D eigenvalue weighted by molar-refractivity contribution is 0.199. The van der Waals surface area contributed by atoms with Crippen LogP contribution >= 0.6 is 0 Å². The number of nitrogens with two attached hydrogens (primary N) is 1. The van der Waals surface area contributed by atoms with Crippen LogP contribution in [-0.4, -0.2) is 43.6 Å². The number of pyridine rings is 1. The van der Waals surface area contributed by atoms with Crippen molar-refractivity contribution >= 4 is 39.0 Å². The van der Waals surface area contributed by atoms with E-state index in [4.69, 9.17) is 15.5 Å². The van der Waals surface area contributed by atoms with Crippen molar-refractivity contribution in [3.05, 3.63) is 30.1 Å². The molecule has 0 amide bonds. The number of fused-ring (bicyclic) bond motifs is 3. The molecule has 3 aromatic rings. The number of unbranched alkanes of at least 4 members (excludes halogenated alkanes) is 1. The molecule has 2 aromatic heterocycles. The number of aromatic nitrogens is 3. The van der Waals surface area contributed by atoms with E-state index in [1.807, 2.05) is 24.3 Å². The fourth-order valence-corrected chi connectivity index (χ4v) is 3.39. The quantitative estimate of drug-likeness (QED) is 0.432. The minimum atomic E-state index is -2.22. The maximum atomic E-state index is 10.6. The van der Waals surface area contributed by atoms with Gasteiger partial charge >= 0.3 is 0 Å². The zero-order valence-corrected chi connectivity index (χ0v) is 15.4. The summed E-state index contributed by atoms with van der Waals surface area (Å²) in [5.41, 5.74) is 8.65. The molecule has 2 heterocycles. The number of nitrogen functional groups attached to an aromatic ring is 1. The summed E-state index contributed by atoms with van der Waals surface area (Å²) in [6, 6.07) is 7.86. The van der Waals surface area contributed by atoms with Crippen LogP contribution in [0.4, 0.5) is 5.82 Å². The van der Waals surface area contributed by atoms with E-state index < -0.39 is 11.3 Å². The molecule has 1 aromatic carbocycles. The van der Waals surface area contributed by atoms with Crippen molar-refractivity contribution in [1.29, 1.82) is 0 Å². The van der Waals surface area contributed by atoms with Gasteiger partial charge < -0.3 is 19.6 Å². The molecule has 0 bridgehead atoms. The van der Waals surface area contributed by atoms with E-state index >= 15 is 0 Å². The molecular weight excluding hydrogens is 354 g/mol. The first-order valence-electron chi connectivity index (χ1n) is 8.47. The molecule has 3 rings (SSSR count). The van der Waals surface area contributed by atoms with Crippen LogP contribution in [0.15, 0.2) is 24.3 Å². The maximum absolute atomic E-state index is 10.6. The van der Waals surface area contributed by atoms with E-state index in [1.54, 1.807) is 7.11 Å². The van der Waals surface area contributed by atoms with Gasteiger partial charge in [-0.2, -0.15) is 0 Å². The van der Waals surface area contributed by atoms with E-state index in [1.165, 1.54) is 0 Å². The van der Waals surface area contributed by atoms with E-state index in [9.17, 15) is 8.76 Å². The van der Waals surface area contributed by atoms with Crippen LogP contribution in [0.3, 0.4) is 0 Å². The highest BCUT2D eigenvalue weighted by atomic mass is 32.2. The summed E-state index contributed by atoms with van der Waals surface area (Å²) in [4.78, 5) is 9.17. The summed E-state index contributed by atoms with van der Waals surface area (Å²) in [7, 11) is 1.66. The van der Waals surface area contributed by atoms with E-state index in [2.05, 4.69) is 14.3 Å². The van der Waals surface area contributed by atoms with Gasteiger partial charge in [-0.1, -0.05) is 18.2 Å². The average Bonchev–Trinajstić information content (AvgIpc) is 2.99. The van der Waals surface area contributed by atoms with Crippen LogP contribution in [0.25, 0.3) is 21.9 Å². The summed E-state index contributed by atoms with van der Waals surface area (Å²) < 4.78 is 30.9. The van der Waals surface area contributed by atoms with Crippen LogP contribution in [0.5, 0.6) is 0 Å². The number of imidazole rings is 1. The Balaban J connectivity index is 1.97. The van der Waals surface area contributed by atoms with Gasteiger partial charge in [-0.3, -0.25) is 4.21 Å². The largest absolute Gasteiger partial charge is 0.760 e. The number of nitrogens with one attached hydrogen (secondary N) is 1. The minimum absolute atomic E-state index is 0.416. The van der Waals surface area contributed by atoms with Crippen molar-refractivity contribution < 1.29 is 13.5 Å². The Bertz CT molecular complexity index is 928. The molecule has 0 spiro atoms. The Kier molecular flexibility index (Phi) is 6.15. The molecule has 0 saturated heterocycles. The van der Waals surface area contributed by atoms with E-state index in [0.29, 0.717) is 30.9 Å². The number of hydrogen-bond donors (Lipinski definition) is 2. The number of hydrogen-bond acceptors (Lipinski definition) is 6. The third kappa shape index (κ3) is 4.01. The number of methoxy groups -OCH3 is 1. The van der Waals surface area contributed by atoms with Crippen molar-refractivity contribution in [1.82, 2.24) is 19.3 Å². The molecule has 9 heteroatoms. The van der Waals surface area contributed by atoms with Crippen molar-refractivity contribution in [2.45, 2.75) is 25.8 Å². The van der Waals surface area contributed by atoms with Crippen LogP contribution in [0, 0.1) is 0 Å². The third-order valence-corrected chi connectivity index (χ3v) is 4.69. The Morgan fingerprint density at radius 2 is 2.12 bits per heavy atom. The molecule has 0 aliphatic rings. The Morgan fingerprint density at radius 3 is 2.88 bits per heavy atom. The minimum Gasteiger partial charge on any atom is -0.760 e. The molecule has 8 nitrogen and oxygen atoms in total. The summed E-state index contributed by atoms with van der Waals surface area (Å²) in [5.74, 6) is 1.31. The van der Waals surface area contributed by atoms with Gasteiger partial charge in [-0.05, 0) is 18.9 Å². The number of anilines is 1. The topological polar surface area (TPSA) is 118 Å². The zero-order chi connectivity index (χ0) is 18.5. The lowest BCUT2D eigenvalue weighted by atomic mass is 10.2. The number of aryl methyl sites for hydroxylation is 1. The number of nitrogens with zero attached hydrogens (tertiary/aromatic N) is 3. The summed E-state index contributed by atoms with van der Waals surface area (Å²) in [6.45, 7) is 1.70. The Labute approximate surface area is 154 Å². The molecule has 0 fully saturated rings. The van der Waals surface area contributed by atoms with Crippen molar-refractivity contribution in [2.75, 3.05) is 26.0 Å². The Hall–Kier alpha value is -2.07. The van der Waals surface area contributed by atoms with Gasteiger partial charge in [0.15, 0.2) is 5.82 Å². The molecule has 140 valence electrons. The molecule has 0 aliphatic heterocycles. The fraction of sp³-hybridized carbons (Fsp3) is 0.412. The first-order chi connectivity index (χ1) is 12.6.